The lowest BCUT2D eigenvalue weighted by Crippen LogP contribution is -2.18. The Kier molecular flexibility index (Phi) is 4.55. The van der Waals surface area contributed by atoms with Crippen molar-refractivity contribution in [2.45, 2.75) is 46.1 Å². The maximum absolute atomic E-state index is 11.9. The van der Waals surface area contributed by atoms with E-state index in [0.29, 0.717) is 12.5 Å². The molecule has 24 heavy (non-hydrogen) atoms. The number of carbonyl (C=O) groups excluding carboxylic acids is 1. The van der Waals surface area contributed by atoms with E-state index < -0.39 is 0 Å². The van der Waals surface area contributed by atoms with Gasteiger partial charge in [0.05, 0.1) is 6.54 Å². The molecule has 0 unspecified atom stereocenters. The van der Waals surface area contributed by atoms with Gasteiger partial charge in [0.25, 0.3) is 0 Å². The number of nitrogens with zero attached hydrogens (tertiary/aromatic N) is 3. The van der Waals surface area contributed by atoms with Crippen molar-refractivity contribution < 1.29 is 4.79 Å². The van der Waals surface area contributed by atoms with Crippen LogP contribution in [0.2, 0.25) is 0 Å². The number of benzene rings is 1. The van der Waals surface area contributed by atoms with Gasteiger partial charge in [-0.3, -0.25) is 4.79 Å². The topological polar surface area (TPSA) is 71.8 Å². The summed E-state index contributed by atoms with van der Waals surface area (Å²) in [5.74, 6) is 2.58. The summed E-state index contributed by atoms with van der Waals surface area (Å²) in [6.45, 7) is 6.42. The van der Waals surface area contributed by atoms with E-state index in [4.69, 9.17) is 0 Å². The number of anilines is 2. The van der Waals surface area contributed by atoms with Crippen LogP contribution in [-0.4, -0.2) is 20.7 Å². The molecule has 1 aliphatic carbocycles. The van der Waals surface area contributed by atoms with Crippen LogP contribution in [0.25, 0.3) is 0 Å². The van der Waals surface area contributed by atoms with E-state index in [1.165, 1.54) is 12.8 Å². The Labute approximate surface area is 142 Å². The number of hydrogen-bond acceptors (Lipinski definition) is 4. The molecule has 3 rings (SSSR count). The van der Waals surface area contributed by atoms with Crippen molar-refractivity contribution in [3.8, 4) is 0 Å². The minimum atomic E-state index is -0.0396. The molecule has 1 aromatic heterocycles. The average molecular weight is 327 g/mol. The zero-order valence-electron chi connectivity index (χ0n) is 14.8. The summed E-state index contributed by atoms with van der Waals surface area (Å²) < 4.78 is 2.09. The molecule has 1 saturated carbocycles. The number of aromatic nitrogens is 3. The monoisotopic (exact) mass is 327 g/mol. The lowest BCUT2D eigenvalue weighted by molar-refractivity contribution is -0.118. The standard InChI is InChI=1S/C18H25N5O/c1-11(2)18(24)20-14-8-5-12(3)15(9-14)19-10-16-21-22-17(23(16)4)13-6-7-13/h5,8-9,11,13,19H,6-7,10H2,1-4H3,(H,20,24). The summed E-state index contributed by atoms with van der Waals surface area (Å²) in [5, 5.41) is 14.9. The van der Waals surface area contributed by atoms with Crippen LogP contribution in [0.5, 0.6) is 0 Å². The first kappa shape index (κ1) is 16.5. The van der Waals surface area contributed by atoms with Crippen molar-refractivity contribution in [1.29, 1.82) is 0 Å². The molecule has 0 bridgehead atoms. The normalized spacial score (nSPS) is 14.0. The van der Waals surface area contributed by atoms with Crippen molar-refractivity contribution in [2.75, 3.05) is 10.6 Å². The van der Waals surface area contributed by atoms with Crippen molar-refractivity contribution >= 4 is 17.3 Å². The van der Waals surface area contributed by atoms with Gasteiger partial charge in [-0.2, -0.15) is 0 Å². The quantitative estimate of drug-likeness (QED) is 0.854. The van der Waals surface area contributed by atoms with Crippen LogP contribution in [0.15, 0.2) is 18.2 Å². The third-order valence-electron chi connectivity index (χ3n) is 4.41. The fourth-order valence-electron chi connectivity index (χ4n) is 2.58. The van der Waals surface area contributed by atoms with Crippen molar-refractivity contribution in [1.82, 2.24) is 14.8 Å². The van der Waals surface area contributed by atoms with Crippen molar-refractivity contribution in [3.05, 3.63) is 35.4 Å². The molecule has 0 aliphatic heterocycles. The largest absolute Gasteiger partial charge is 0.377 e. The zero-order valence-corrected chi connectivity index (χ0v) is 14.8. The lowest BCUT2D eigenvalue weighted by atomic mass is 10.1. The molecule has 2 aromatic rings. The molecule has 6 heteroatoms. The highest BCUT2D eigenvalue weighted by Gasteiger charge is 2.29. The van der Waals surface area contributed by atoms with E-state index in [1.54, 1.807) is 0 Å². The van der Waals surface area contributed by atoms with Gasteiger partial charge in [-0.15, -0.1) is 10.2 Å². The third kappa shape index (κ3) is 3.58. The molecule has 0 spiro atoms. The second-order valence-electron chi connectivity index (χ2n) is 6.83. The van der Waals surface area contributed by atoms with Crippen LogP contribution in [0.3, 0.4) is 0 Å². The summed E-state index contributed by atoms with van der Waals surface area (Å²) in [7, 11) is 2.02. The van der Waals surface area contributed by atoms with E-state index >= 15 is 0 Å². The Balaban J connectivity index is 1.69. The smallest absolute Gasteiger partial charge is 0.226 e. The van der Waals surface area contributed by atoms with Gasteiger partial charge in [0.1, 0.15) is 5.82 Å². The number of aryl methyl sites for hydroxylation is 1. The molecular formula is C18H25N5O. The second kappa shape index (κ2) is 6.63. The first-order chi connectivity index (χ1) is 11.5. The SMILES string of the molecule is Cc1ccc(NC(=O)C(C)C)cc1NCc1nnc(C2CC2)n1C. The van der Waals surface area contributed by atoms with Crippen molar-refractivity contribution in [3.63, 3.8) is 0 Å². The fraction of sp³-hybridized carbons (Fsp3) is 0.500. The summed E-state index contributed by atoms with van der Waals surface area (Å²) in [6.07, 6.45) is 2.44. The van der Waals surface area contributed by atoms with Gasteiger partial charge < -0.3 is 15.2 Å². The summed E-state index contributed by atoms with van der Waals surface area (Å²) in [6, 6.07) is 5.90. The minimum Gasteiger partial charge on any atom is -0.377 e. The molecule has 0 radical (unpaired) electrons. The van der Waals surface area contributed by atoms with Gasteiger partial charge in [0, 0.05) is 30.3 Å². The maximum Gasteiger partial charge on any atom is 0.226 e. The molecule has 1 heterocycles. The molecule has 0 saturated heterocycles. The van der Waals surface area contributed by atoms with E-state index in [0.717, 1.165) is 28.6 Å². The fourth-order valence-corrected chi connectivity index (χ4v) is 2.58. The van der Waals surface area contributed by atoms with Crippen molar-refractivity contribution in [2.24, 2.45) is 13.0 Å². The van der Waals surface area contributed by atoms with E-state index in [9.17, 15) is 4.79 Å². The molecule has 1 aliphatic rings. The summed E-state index contributed by atoms with van der Waals surface area (Å²) in [4.78, 5) is 11.9. The average Bonchev–Trinajstić information content (AvgIpc) is 3.32. The maximum atomic E-state index is 11.9. The first-order valence-corrected chi connectivity index (χ1v) is 8.49. The van der Waals surface area contributed by atoms with Gasteiger partial charge in [0.15, 0.2) is 5.82 Å². The van der Waals surface area contributed by atoms with Crippen LogP contribution in [-0.2, 0) is 18.4 Å². The molecule has 128 valence electrons. The van der Waals surface area contributed by atoms with E-state index in [2.05, 4.69) is 25.4 Å². The first-order valence-electron chi connectivity index (χ1n) is 8.49. The molecule has 1 amide bonds. The van der Waals surface area contributed by atoms with Gasteiger partial charge in [-0.25, -0.2) is 0 Å². The predicted octanol–water partition coefficient (Wildman–Crippen LogP) is 3.21. The van der Waals surface area contributed by atoms with Crippen LogP contribution >= 0.6 is 0 Å². The Morgan fingerprint density at radius 1 is 1.33 bits per heavy atom. The lowest BCUT2D eigenvalue weighted by Gasteiger charge is -2.13. The van der Waals surface area contributed by atoms with Crippen LogP contribution < -0.4 is 10.6 Å². The molecule has 1 fully saturated rings. The molecule has 2 N–H and O–H groups in total. The highest BCUT2D eigenvalue weighted by atomic mass is 16.1. The molecular weight excluding hydrogens is 302 g/mol. The van der Waals surface area contributed by atoms with Crippen LogP contribution in [0, 0.1) is 12.8 Å². The highest BCUT2D eigenvalue weighted by molar-refractivity contribution is 5.92. The Morgan fingerprint density at radius 2 is 2.08 bits per heavy atom. The van der Waals surface area contributed by atoms with Gasteiger partial charge in [-0.1, -0.05) is 19.9 Å². The predicted molar refractivity (Wildman–Crippen MR) is 95.0 cm³/mol. The Hall–Kier alpha value is -2.37. The number of nitrogens with one attached hydrogen (secondary N) is 2. The number of rotatable bonds is 6. The van der Waals surface area contributed by atoms with Gasteiger partial charge >= 0.3 is 0 Å². The third-order valence-corrected chi connectivity index (χ3v) is 4.41. The van der Waals surface area contributed by atoms with Gasteiger partial charge in [-0.05, 0) is 37.5 Å². The molecule has 6 nitrogen and oxygen atoms in total. The number of hydrogen-bond donors (Lipinski definition) is 2. The van der Waals surface area contributed by atoms with Gasteiger partial charge in [0.2, 0.25) is 5.91 Å². The summed E-state index contributed by atoms with van der Waals surface area (Å²) in [5.41, 5.74) is 2.92. The van der Waals surface area contributed by atoms with E-state index in [1.807, 2.05) is 46.0 Å². The zero-order chi connectivity index (χ0) is 17.3. The Morgan fingerprint density at radius 3 is 2.75 bits per heavy atom. The van der Waals surface area contributed by atoms with Crippen LogP contribution in [0.4, 0.5) is 11.4 Å². The highest BCUT2D eigenvalue weighted by Crippen LogP contribution is 2.38. The molecule has 0 atom stereocenters. The number of amides is 1. The van der Waals surface area contributed by atoms with E-state index in [-0.39, 0.29) is 11.8 Å². The second-order valence-corrected chi connectivity index (χ2v) is 6.83. The molecule has 1 aromatic carbocycles. The Bertz CT molecular complexity index is 746. The minimum absolute atomic E-state index is 0.0205. The summed E-state index contributed by atoms with van der Waals surface area (Å²) >= 11 is 0. The number of carbonyl (C=O) groups is 1. The van der Waals surface area contributed by atoms with Crippen LogP contribution in [0.1, 0.15) is 49.8 Å².